The molecule has 9 heteroatoms. The van der Waals surface area contributed by atoms with Gasteiger partial charge in [-0.1, -0.05) is 17.7 Å². The summed E-state index contributed by atoms with van der Waals surface area (Å²) >= 11 is 6.17. The summed E-state index contributed by atoms with van der Waals surface area (Å²) in [6.07, 6.45) is 2.53. The van der Waals surface area contributed by atoms with Gasteiger partial charge in [-0.15, -0.1) is 0 Å². The molecule has 0 bridgehead atoms. The number of urea groups is 1. The summed E-state index contributed by atoms with van der Waals surface area (Å²) in [6.45, 7) is 1.55. The number of amides is 3. The van der Waals surface area contributed by atoms with Crippen LogP contribution in [0.3, 0.4) is 0 Å². The van der Waals surface area contributed by atoms with E-state index in [1.165, 1.54) is 24.3 Å². The van der Waals surface area contributed by atoms with Crippen molar-refractivity contribution in [2.45, 2.75) is 38.3 Å². The molecule has 0 spiro atoms. The average molecular weight is 457 g/mol. The van der Waals surface area contributed by atoms with Crippen LogP contribution in [0.2, 0.25) is 5.02 Å². The Kier molecular flexibility index (Phi) is 4.78. The van der Waals surface area contributed by atoms with E-state index in [-0.39, 0.29) is 17.4 Å². The maximum atomic E-state index is 13.5. The molecule has 1 N–H and O–H groups in total. The second-order valence-electron chi connectivity index (χ2n) is 8.18. The lowest BCUT2D eigenvalue weighted by Gasteiger charge is -2.23. The number of aromatic nitrogens is 2. The molecule has 0 radical (unpaired) electrons. The Morgan fingerprint density at radius 3 is 2.53 bits per heavy atom. The molecule has 2 aromatic carbocycles. The summed E-state index contributed by atoms with van der Waals surface area (Å²) in [6, 6.07) is 9.17. The molecule has 1 fully saturated rings. The zero-order chi connectivity index (χ0) is 22.6. The summed E-state index contributed by atoms with van der Waals surface area (Å²) < 4.78 is 28.6. The van der Waals surface area contributed by atoms with Crippen molar-refractivity contribution >= 4 is 23.5 Å². The fourth-order valence-corrected chi connectivity index (χ4v) is 4.86. The van der Waals surface area contributed by atoms with Gasteiger partial charge >= 0.3 is 6.03 Å². The Hall–Kier alpha value is -3.26. The smallest absolute Gasteiger partial charge is 0.319 e. The highest BCUT2D eigenvalue weighted by molar-refractivity contribution is 6.32. The van der Waals surface area contributed by atoms with Gasteiger partial charge < -0.3 is 5.32 Å². The number of nitrogens with one attached hydrogen (secondary N) is 1. The molecule has 1 aromatic heterocycles. The fourth-order valence-electron chi connectivity index (χ4n) is 4.50. The number of imide groups is 1. The third-order valence-electron chi connectivity index (χ3n) is 6.14. The number of carbonyl (C=O) groups excluding carboxylic acids is 2. The summed E-state index contributed by atoms with van der Waals surface area (Å²) in [5.74, 6) is -1.35. The minimum absolute atomic E-state index is 0.00437. The van der Waals surface area contributed by atoms with E-state index in [0.717, 1.165) is 47.2 Å². The van der Waals surface area contributed by atoms with Crippen LogP contribution in [-0.2, 0) is 29.7 Å². The number of halogens is 3. The maximum Gasteiger partial charge on any atom is 0.325 e. The average Bonchev–Trinajstić information content (AvgIpc) is 3.40. The van der Waals surface area contributed by atoms with Gasteiger partial charge in [-0.05, 0) is 68.1 Å². The zero-order valence-corrected chi connectivity index (χ0v) is 17.9. The van der Waals surface area contributed by atoms with Crippen LogP contribution in [0.1, 0.15) is 35.9 Å². The Bertz CT molecular complexity index is 1260. The predicted octanol–water partition coefficient (Wildman–Crippen LogP) is 4.26. The molecule has 2 heterocycles. The number of fused-ring (bicyclic) bond motifs is 1. The molecule has 164 valence electrons. The van der Waals surface area contributed by atoms with Crippen molar-refractivity contribution in [3.05, 3.63) is 81.6 Å². The van der Waals surface area contributed by atoms with Crippen LogP contribution in [-0.4, -0.2) is 26.6 Å². The quantitative estimate of drug-likeness (QED) is 0.596. The zero-order valence-electron chi connectivity index (χ0n) is 17.2. The van der Waals surface area contributed by atoms with Gasteiger partial charge in [-0.3, -0.25) is 9.69 Å². The Balaban J connectivity index is 1.48. The molecule has 5 rings (SSSR count). The number of nitrogens with zero attached hydrogens (tertiary/aromatic N) is 3. The van der Waals surface area contributed by atoms with Gasteiger partial charge in [-0.2, -0.15) is 5.10 Å². The molecule has 0 saturated carbocycles. The minimum atomic E-state index is -1.41. The third-order valence-corrected chi connectivity index (χ3v) is 6.45. The molecule has 3 amide bonds. The molecule has 1 saturated heterocycles. The lowest BCUT2D eigenvalue weighted by atomic mass is 9.92. The first kappa shape index (κ1) is 20.6. The van der Waals surface area contributed by atoms with Crippen LogP contribution in [0.15, 0.2) is 42.5 Å². The van der Waals surface area contributed by atoms with E-state index >= 15 is 0 Å². The minimum Gasteiger partial charge on any atom is -0.319 e. The van der Waals surface area contributed by atoms with Gasteiger partial charge in [0, 0.05) is 16.3 Å². The van der Waals surface area contributed by atoms with Crippen LogP contribution in [0.25, 0.3) is 5.69 Å². The molecule has 1 aliphatic carbocycles. The van der Waals surface area contributed by atoms with Crippen molar-refractivity contribution in [1.29, 1.82) is 0 Å². The monoisotopic (exact) mass is 456 g/mol. The third kappa shape index (κ3) is 3.17. The number of carbonyl (C=O) groups is 2. The molecular formula is C23H19ClF2N4O2. The van der Waals surface area contributed by atoms with Gasteiger partial charge in [0.15, 0.2) is 0 Å². The van der Waals surface area contributed by atoms with Crippen molar-refractivity contribution in [2.75, 3.05) is 0 Å². The topological polar surface area (TPSA) is 67.2 Å². The van der Waals surface area contributed by atoms with E-state index in [2.05, 4.69) is 10.4 Å². The van der Waals surface area contributed by atoms with E-state index < -0.39 is 23.3 Å². The van der Waals surface area contributed by atoms with Gasteiger partial charge in [0.05, 0.1) is 17.9 Å². The van der Waals surface area contributed by atoms with Crippen LogP contribution in [0, 0.1) is 11.6 Å². The summed E-state index contributed by atoms with van der Waals surface area (Å²) in [4.78, 5) is 27.2. The van der Waals surface area contributed by atoms with Crippen LogP contribution >= 0.6 is 11.6 Å². The molecule has 1 atom stereocenters. The Morgan fingerprint density at radius 2 is 1.81 bits per heavy atom. The van der Waals surface area contributed by atoms with Gasteiger partial charge in [-0.25, -0.2) is 18.3 Å². The van der Waals surface area contributed by atoms with E-state index in [1.807, 2.05) is 0 Å². The lowest BCUT2D eigenvalue weighted by molar-refractivity contribution is -0.131. The second-order valence-corrected chi connectivity index (χ2v) is 8.59. The first-order valence-corrected chi connectivity index (χ1v) is 10.6. The van der Waals surface area contributed by atoms with Crippen molar-refractivity contribution < 1.29 is 18.4 Å². The van der Waals surface area contributed by atoms with Crippen molar-refractivity contribution in [2.24, 2.45) is 0 Å². The van der Waals surface area contributed by atoms with Gasteiger partial charge in [0.25, 0.3) is 5.91 Å². The summed E-state index contributed by atoms with van der Waals surface area (Å²) in [7, 11) is 0. The summed E-state index contributed by atoms with van der Waals surface area (Å²) in [5, 5.41) is 7.41. The van der Waals surface area contributed by atoms with Crippen molar-refractivity contribution in [3.63, 3.8) is 0 Å². The lowest BCUT2D eigenvalue weighted by Crippen LogP contribution is -2.41. The number of rotatable bonds is 4. The standard InChI is InChI=1S/C23H19ClF2N4O2/c1-23(17-10-7-14(26)11-18(17)24)21(31)29(22(32)27-23)12-19-16-3-2-4-20(16)30(28-19)15-8-5-13(25)6-9-15/h5-11H,2-4,12H2,1H3,(H,27,32). The van der Waals surface area contributed by atoms with Crippen LogP contribution in [0.5, 0.6) is 0 Å². The summed E-state index contributed by atoms with van der Waals surface area (Å²) in [5.41, 5.74) is 2.26. The first-order valence-electron chi connectivity index (χ1n) is 10.2. The predicted molar refractivity (Wildman–Crippen MR) is 113 cm³/mol. The highest BCUT2D eigenvalue weighted by Crippen LogP contribution is 2.36. The normalized spacial score (nSPS) is 20.1. The van der Waals surface area contributed by atoms with E-state index in [1.54, 1.807) is 23.7 Å². The van der Waals surface area contributed by atoms with Crippen molar-refractivity contribution in [1.82, 2.24) is 20.0 Å². The van der Waals surface area contributed by atoms with E-state index in [4.69, 9.17) is 11.6 Å². The van der Waals surface area contributed by atoms with Gasteiger partial charge in [0.1, 0.15) is 17.2 Å². The Labute approximate surface area is 187 Å². The molecule has 3 aromatic rings. The van der Waals surface area contributed by atoms with Crippen LogP contribution < -0.4 is 5.32 Å². The number of benzene rings is 2. The van der Waals surface area contributed by atoms with Gasteiger partial charge in [0.2, 0.25) is 0 Å². The molecule has 6 nitrogen and oxygen atoms in total. The highest BCUT2D eigenvalue weighted by atomic mass is 35.5. The molecular weight excluding hydrogens is 438 g/mol. The Morgan fingerprint density at radius 1 is 1.09 bits per heavy atom. The molecule has 1 unspecified atom stereocenters. The van der Waals surface area contributed by atoms with Crippen molar-refractivity contribution in [3.8, 4) is 5.69 Å². The van der Waals surface area contributed by atoms with E-state index in [0.29, 0.717) is 11.3 Å². The molecule has 1 aliphatic heterocycles. The van der Waals surface area contributed by atoms with Crippen LogP contribution in [0.4, 0.5) is 13.6 Å². The molecule has 2 aliphatic rings. The number of hydrogen-bond donors (Lipinski definition) is 1. The maximum absolute atomic E-state index is 13.5. The number of hydrogen-bond acceptors (Lipinski definition) is 3. The van der Waals surface area contributed by atoms with E-state index in [9.17, 15) is 18.4 Å². The fraction of sp³-hybridized carbons (Fsp3) is 0.261. The first-order chi connectivity index (χ1) is 15.3. The highest BCUT2D eigenvalue weighted by Gasteiger charge is 2.50. The molecule has 32 heavy (non-hydrogen) atoms. The SMILES string of the molecule is CC1(c2ccc(F)cc2Cl)NC(=O)N(Cc2nn(-c3ccc(F)cc3)c3c2CCC3)C1=O. The second kappa shape index (κ2) is 7.41. The largest absolute Gasteiger partial charge is 0.325 e.